The summed E-state index contributed by atoms with van der Waals surface area (Å²) < 4.78 is 9.76. The van der Waals surface area contributed by atoms with Gasteiger partial charge in [0.25, 0.3) is 0 Å². The first kappa shape index (κ1) is 20.2. The van der Waals surface area contributed by atoms with Gasteiger partial charge in [-0.3, -0.25) is 10.5 Å². The van der Waals surface area contributed by atoms with Crippen molar-refractivity contribution in [2.75, 3.05) is 5.73 Å². The van der Waals surface area contributed by atoms with Crippen molar-refractivity contribution in [3.8, 4) is 22.4 Å². The number of anilines is 1. The topological polar surface area (TPSA) is 127 Å². The first-order chi connectivity index (χ1) is 16.5. The summed E-state index contributed by atoms with van der Waals surface area (Å²) >= 11 is 0. The molecule has 170 valence electrons. The number of fused-ring (bicyclic) bond motifs is 1. The number of H-pyrrole nitrogens is 1. The number of benzene rings is 1. The molecule has 5 aromatic rings. The van der Waals surface area contributed by atoms with Gasteiger partial charge in [0.2, 0.25) is 11.2 Å². The normalized spacial score (nSPS) is 13.6. The Morgan fingerprint density at radius 3 is 2.65 bits per heavy atom. The van der Waals surface area contributed by atoms with Crippen molar-refractivity contribution in [1.82, 2.24) is 23.7 Å². The number of hydrogen-bond acceptors (Lipinski definition) is 6. The molecule has 1 saturated carbocycles. The summed E-state index contributed by atoms with van der Waals surface area (Å²) in [5.41, 5.74) is 9.84. The minimum atomic E-state index is -0.390. The molecule has 1 aliphatic rings. The van der Waals surface area contributed by atoms with Crippen LogP contribution in [0.1, 0.15) is 30.2 Å². The van der Waals surface area contributed by atoms with Crippen molar-refractivity contribution >= 4 is 11.6 Å². The van der Waals surface area contributed by atoms with Crippen molar-refractivity contribution in [2.24, 2.45) is 7.05 Å². The molecule has 0 bridgehead atoms. The number of nitrogen functional groups attached to an aromatic ring is 1. The summed E-state index contributed by atoms with van der Waals surface area (Å²) in [4.78, 5) is 32.9. The fourth-order valence-corrected chi connectivity index (χ4v) is 4.30. The fourth-order valence-electron chi connectivity index (χ4n) is 4.30. The molecule has 3 N–H and O–H groups in total. The maximum absolute atomic E-state index is 13.4. The van der Waals surface area contributed by atoms with Gasteiger partial charge in [-0.15, -0.1) is 9.50 Å². The van der Waals surface area contributed by atoms with Crippen molar-refractivity contribution < 1.29 is 9.40 Å². The number of aromatic nitrogens is 6. The highest BCUT2D eigenvalue weighted by atomic mass is 16.3. The van der Waals surface area contributed by atoms with Crippen LogP contribution in [0.25, 0.3) is 28.0 Å². The zero-order chi connectivity index (χ0) is 23.4. The summed E-state index contributed by atoms with van der Waals surface area (Å²) in [7, 11) is 1.68. The van der Waals surface area contributed by atoms with Crippen LogP contribution in [0.5, 0.6) is 0 Å². The molecule has 0 spiro atoms. The summed E-state index contributed by atoms with van der Waals surface area (Å²) in [6, 6.07) is 12.9. The Morgan fingerprint density at radius 2 is 1.91 bits per heavy atom. The number of nitrogens with two attached hydrogens (primary N) is 1. The highest BCUT2D eigenvalue weighted by Gasteiger charge is 2.31. The van der Waals surface area contributed by atoms with Gasteiger partial charge < -0.3 is 8.98 Å². The Bertz CT molecular complexity index is 1660. The SMILES string of the molecule is Cn1cc(-c2c(-c3ccccc3)[nH+]c(N)n3c(=O)n(Cc4ncoc4C4CC4)nc23)ccc1=O. The molecule has 4 aromatic heterocycles. The molecule has 10 heteroatoms. The average molecular weight is 456 g/mol. The maximum atomic E-state index is 13.4. The van der Waals surface area contributed by atoms with Gasteiger partial charge in [-0.25, -0.2) is 14.8 Å². The van der Waals surface area contributed by atoms with E-state index in [1.54, 1.807) is 19.3 Å². The van der Waals surface area contributed by atoms with Crippen LogP contribution in [0.2, 0.25) is 0 Å². The lowest BCUT2D eigenvalue weighted by molar-refractivity contribution is -0.351. The van der Waals surface area contributed by atoms with Crippen LogP contribution in [0.3, 0.4) is 0 Å². The minimum absolute atomic E-state index is 0.137. The van der Waals surface area contributed by atoms with Crippen LogP contribution >= 0.6 is 0 Å². The van der Waals surface area contributed by atoms with E-state index in [1.165, 1.54) is 26.1 Å². The van der Waals surface area contributed by atoms with E-state index in [9.17, 15) is 9.59 Å². The van der Waals surface area contributed by atoms with E-state index in [0.717, 1.165) is 29.7 Å². The largest absolute Gasteiger partial charge is 0.448 e. The fraction of sp³-hybridized carbons (Fsp3) is 0.208. The highest BCUT2D eigenvalue weighted by molar-refractivity contribution is 5.88. The number of aryl methyl sites for hydroxylation is 1. The highest BCUT2D eigenvalue weighted by Crippen LogP contribution is 2.41. The Hall–Kier alpha value is -4.47. The van der Waals surface area contributed by atoms with Gasteiger partial charge in [0, 0.05) is 36.4 Å². The van der Waals surface area contributed by atoms with E-state index < -0.39 is 0 Å². The zero-order valence-electron chi connectivity index (χ0n) is 18.4. The number of pyridine rings is 1. The van der Waals surface area contributed by atoms with Crippen LogP contribution in [-0.4, -0.2) is 23.7 Å². The Labute approximate surface area is 192 Å². The molecule has 10 nitrogen and oxygen atoms in total. The predicted octanol–water partition coefficient (Wildman–Crippen LogP) is 1.84. The van der Waals surface area contributed by atoms with Crippen molar-refractivity contribution in [3.05, 3.63) is 87.3 Å². The number of nitrogens with one attached hydrogen (secondary N) is 1. The smallest absolute Gasteiger partial charge is 0.411 e. The third-order valence-corrected chi connectivity index (χ3v) is 6.16. The van der Waals surface area contributed by atoms with Gasteiger partial charge >= 0.3 is 11.6 Å². The monoisotopic (exact) mass is 456 g/mol. The molecule has 1 aromatic carbocycles. The lowest BCUT2D eigenvalue weighted by atomic mass is 10.0. The second-order valence-electron chi connectivity index (χ2n) is 8.53. The van der Waals surface area contributed by atoms with Crippen molar-refractivity contribution in [3.63, 3.8) is 0 Å². The van der Waals surface area contributed by atoms with Gasteiger partial charge in [-0.05, 0) is 18.9 Å². The molecule has 0 aliphatic heterocycles. The number of oxazole rings is 1. The van der Waals surface area contributed by atoms with Gasteiger partial charge in [-0.2, -0.15) is 4.68 Å². The van der Waals surface area contributed by atoms with E-state index in [1.807, 2.05) is 30.3 Å². The summed E-state index contributed by atoms with van der Waals surface area (Å²) in [5.74, 6) is 1.32. The third kappa shape index (κ3) is 3.22. The van der Waals surface area contributed by atoms with E-state index in [2.05, 4.69) is 15.1 Å². The van der Waals surface area contributed by atoms with Crippen LogP contribution in [0.4, 0.5) is 5.95 Å². The van der Waals surface area contributed by atoms with Crippen LogP contribution in [0, 0.1) is 0 Å². The molecule has 6 rings (SSSR count). The first-order valence-electron chi connectivity index (χ1n) is 11.0. The standard InChI is InChI=1S/C24H21N7O3/c1-29-11-16(9-10-18(29)32)19-20(14-5-3-2-4-6-14)27-23(25)31-22(19)28-30(24(31)33)12-17-21(15-7-8-15)34-13-26-17/h2-6,9-11,13,15H,7-8,12H2,1H3,(H2,25,27)/p+1. The molecule has 0 amide bonds. The molecule has 34 heavy (non-hydrogen) atoms. The van der Waals surface area contributed by atoms with E-state index in [-0.39, 0.29) is 23.7 Å². The van der Waals surface area contributed by atoms with Crippen molar-refractivity contribution in [2.45, 2.75) is 25.3 Å². The van der Waals surface area contributed by atoms with Crippen molar-refractivity contribution in [1.29, 1.82) is 0 Å². The second kappa shape index (κ2) is 7.55. The van der Waals surface area contributed by atoms with Gasteiger partial charge in [-0.1, -0.05) is 30.3 Å². The summed E-state index contributed by atoms with van der Waals surface area (Å²) in [6.45, 7) is 0.176. The quantitative estimate of drug-likeness (QED) is 0.430. The van der Waals surface area contributed by atoms with Gasteiger partial charge in [0.05, 0.1) is 12.1 Å². The Balaban J connectivity index is 1.61. The molecular weight excluding hydrogens is 434 g/mol. The van der Waals surface area contributed by atoms with Gasteiger partial charge in [0.1, 0.15) is 17.1 Å². The zero-order valence-corrected chi connectivity index (χ0v) is 18.4. The average Bonchev–Trinajstić information content (AvgIpc) is 3.49. The second-order valence-corrected chi connectivity index (χ2v) is 8.53. The Kier molecular flexibility index (Phi) is 4.47. The first-order valence-corrected chi connectivity index (χ1v) is 11.0. The maximum Gasteiger partial charge on any atom is 0.411 e. The van der Waals surface area contributed by atoms with Crippen LogP contribution in [0.15, 0.2) is 69.1 Å². The molecule has 0 saturated heterocycles. The van der Waals surface area contributed by atoms with Crippen LogP contribution in [-0.2, 0) is 13.6 Å². The van der Waals surface area contributed by atoms with E-state index in [4.69, 9.17) is 10.2 Å². The lowest BCUT2D eigenvalue weighted by Crippen LogP contribution is -2.28. The van der Waals surface area contributed by atoms with E-state index in [0.29, 0.717) is 28.5 Å². The Morgan fingerprint density at radius 1 is 1.12 bits per heavy atom. The summed E-state index contributed by atoms with van der Waals surface area (Å²) in [6.07, 6.45) is 5.25. The molecule has 0 radical (unpaired) electrons. The molecule has 0 unspecified atom stereocenters. The number of nitrogens with zero attached hydrogens (tertiary/aromatic N) is 5. The number of hydrogen-bond donors (Lipinski definition) is 1. The van der Waals surface area contributed by atoms with Gasteiger partial charge in [0.15, 0.2) is 6.39 Å². The van der Waals surface area contributed by atoms with E-state index >= 15 is 0 Å². The molecular formula is C24H22N7O3+. The molecule has 1 aliphatic carbocycles. The number of rotatable bonds is 5. The molecule has 0 atom stereocenters. The predicted molar refractivity (Wildman–Crippen MR) is 124 cm³/mol. The summed E-state index contributed by atoms with van der Waals surface area (Å²) in [5, 5.41) is 4.68. The number of aromatic amines is 1. The lowest BCUT2D eigenvalue weighted by Gasteiger charge is -2.10. The third-order valence-electron chi connectivity index (χ3n) is 6.16. The molecule has 4 heterocycles. The molecule has 1 fully saturated rings. The van der Waals surface area contributed by atoms with Crippen LogP contribution < -0.4 is 22.0 Å². The minimum Gasteiger partial charge on any atom is -0.448 e.